The van der Waals surface area contributed by atoms with Crippen LogP contribution in [0.1, 0.15) is 25.3 Å². The maximum absolute atomic E-state index is 11.3. The van der Waals surface area contributed by atoms with Crippen molar-refractivity contribution in [2.45, 2.75) is 26.7 Å². The molecule has 3 nitrogen and oxygen atoms in total. The number of benzene rings is 1. The van der Waals surface area contributed by atoms with E-state index >= 15 is 0 Å². The highest BCUT2D eigenvalue weighted by Crippen LogP contribution is 2.20. The SMILES string of the molecule is CCCCOC(=O)CNc1ccc(C)c(Br)c1. The molecule has 1 N–H and O–H groups in total. The first-order valence-corrected chi connectivity index (χ1v) is 6.58. The number of halogens is 1. The van der Waals surface area contributed by atoms with Gasteiger partial charge < -0.3 is 10.1 Å². The molecule has 0 amide bonds. The van der Waals surface area contributed by atoms with Crippen molar-refractivity contribution in [2.24, 2.45) is 0 Å². The molecule has 0 saturated heterocycles. The van der Waals surface area contributed by atoms with Crippen LogP contribution in [-0.2, 0) is 9.53 Å². The highest BCUT2D eigenvalue weighted by atomic mass is 79.9. The number of anilines is 1. The second-order valence-electron chi connectivity index (χ2n) is 3.89. The van der Waals surface area contributed by atoms with Crippen LogP contribution >= 0.6 is 15.9 Å². The van der Waals surface area contributed by atoms with Gasteiger partial charge in [-0.05, 0) is 31.0 Å². The van der Waals surface area contributed by atoms with Crippen LogP contribution in [-0.4, -0.2) is 19.1 Å². The largest absolute Gasteiger partial charge is 0.464 e. The van der Waals surface area contributed by atoms with Gasteiger partial charge in [0.2, 0.25) is 0 Å². The van der Waals surface area contributed by atoms with Gasteiger partial charge in [0.1, 0.15) is 6.54 Å². The lowest BCUT2D eigenvalue weighted by Gasteiger charge is -2.08. The van der Waals surface area contributed by atoms with Crippen LogP contribution in [0.25, 0.3) is 0 Å². The molecule has 0 heterocycles. The average molecular weight is 300 g/mol. The molecule has 0 aliphatic heterocycles. The van der Waals surface area contributed by atoms with Gasteiger partial charge in [-0.1, -0.05) is 35.3 Å². The quantitative estimate of drug-likeness (QED) is 0.645. The Hall–Kier alpha value is -1.03. The highest BCUT2D eigenvalue weighted by molar-refractivity contribution is 9.10. The van der Waals surface area contributed by atoms with Crippen molar-refractivity contribution in [3.8, 4) is 0 Å². The molecule has 0 aliphatic rings. The van der Waals surface area contributed by atoms with Gasteiger partial charge in [-0.2, -0.15) is 0 Å². The number of unbranched alkanes of at least 4 members (excludes halogenated alkanes) is 1. The first-order chi connectivity index (χ1) is 8.13. The molecule has 0 atom stereocenters. The Kier molecular flexibility index (Phi) is 6.05. The van der Waals surface area contributed by atoms with Gasteiger partial charge in [-0.3, -0.25) is 4.79 Å². The first-order valence-electron chi connectivity index (χ1n) is 5.79. The minimum absolute atomic E-state index is 0.208. The zero-order valence-electron chi connectivity index (χ0n) is 10.3. The Bertz CT molecular complexity index is 380. The second-order valence-corrected chi connectivity index (χ2v) is 4.75. The van der Waals surface area contributed by atoms with Crippen molar-refractivity contribution in [1.82, 2.24) is 0 Å². The van der Waals surface area contributed by atoms with E-state index in [1.807, 2.05) is 25.1 Å². The van der Waals surface area contributed by atoms with Crippen molar-refractivity contribution in [2.75, 3.05) is 18.5 Å². The zero-order valence-corrected chi connectivity index (χ0v) is 11.8. The number of hydrogen-bond donors (Lipinski definition) is 1. The van der Waals surface area contributed by atoms with Crippen LogP contribution in [0.5, 0.6) is 0 Å². The summed E-state index contributed by atoms with van der Waals surface area (Å²) >= 11 is 3.45. The number of rotatable bonds is 6. The molecule has 0 aromatic heterocycles. The van der Waals surface area contributed by atoms with Gasteiger partial charge in [-0.25, -0.2) is 0 Å². The molecular weight excluding hydrogens is 282 g/mol. The molecule has 0 bridgehead atoms. The van der Waals surface area contributed by atoms with E-state index in [0.29, 0.717) is 6.61 Å². The normalized spacial score (nSPS) is 10.1. The minimum atomic E-state index is -0.213. The Balaban J connectivity index is 2.34. The fourth-order valence-electron chi connectivity index (χ4n) is 1.26. The molecule has 0 saturated carbocycles. The van der Waals surface area contributed by atoms with Crippen molar-refractivity contribution in [3.63, 3.8) is 0 Å². The van der Waals surface area contributed by atoms with Crippen LogP contribution in [0.15, 0.2) is 22.7 Å². The summed E-state index contributed by atoms with van der Waals surface area (Å²) < 4.78 is 6.07. The fraction of sp³-hybridized carbons (Fsp3) is 0.462. The lowest BCUT2D eigenvalue weighted by molar-refractivity contribution is -0.141. The van der Waals surface area contributed by atoms with Crippen molar-refractivity contribution >= 4 is 27.6 Å². The lowest BCUT2D eigenvalue weighted by atomic mass is 10.2. The third-order valence-electron chi connectivity index (χ3n) is 2.37. The van der Waals surface area contributed by atoms with Gasteiger partial charge >= 0.3 is 5.97 Å². The summed E-state index contributed by atoms with van der Waals surface area (Å²) in [6.07, 6.45) is 1.95. The number of aryl methyl sites for hydroxylation is 1. The van der Waals surface area contributed by atoms with Crippen molar-refractivity contribution < 1.29 is 9.53 Å². The Morgan fingerprint density at radius 1 is 1.47 bits per heavy atom. The van der Waals surface area contributed by atoms with E-state index in [1.54, 1.807) is 0 Å². The Labute approximate surface area is 111 Å². The maximum atomic E-state index is 11.3. The molecule has 17 heavy (non-hydrogen) atoms. The van der Waals surface area contributed by atoms with Crippen LogP contribution < -0.4 is 5.32 Å². The van der Waals surface area contributed by atoms with Gasteiger partial charge in [0.15, 0.2) is 0 Å². The van der Waals surface area contributed by atoms with Crippen molar-refractivity contribution in [1.29, 1.82) is 0 Å². The topological polar surface area (TPSA) is 38.3 Å². The van der Waals surface area contributed by atoms with E-state index in [1.165, 1.54) is 5.56 Å². The van der Waals surface area contributed by atoms with Gasteiger partial charge in [0.25, 0.3) is 0 Å². The molecule has 0 spiro atoms. The molecule has 0 unspecified atom stereocenters. The van der Waals surface area contributed by atoms with Crippen LogP contribution in [0.4, 0.5) is 5.69 Å². The zero-order chi connectivity index (χ0) is 12.7. The van der Waals surface area contributed by atoms with Gasteiger partial charge in [0.05, 0.1) is 6.61 Å². The predicted molar refractivity (Wildman–Crippen MR) is 73.2 cm³/mol. The number of nitrogens with one attached hydrogen (secondary N) is 1. The molecule has 0 aliphatic carbocycles. The van der Waals surface area contributed by atoms with E-state index in [0.717, 1.165) is 23.0 Å². The first kappa shape index (κ1) is 14.0. The summed E-state index contributed by atoms with van der Waals surface area (Å²) in [6.45, 7) is 4.80. The van der Waals surface area contributed by atoms with Gasteiger partial charge in [-0.15, -0.1) is 0 Å². The Morgan fingerprint density at radius 3 is 2.88 bits per heavy atom. The molecule has 0 radical (unpaired) electrons. The highest BCUT2D eigenvalue weighted by Gasteiger charge is 2.03. The maximum Gasteiger partial charge on any atom is 0.325 e. The molecule has 1 aromatic rings. The van der Waals surface area contributed by atoms with E-state index in [2.05, 4.69) is 28.2 Å². The number of ether oxygens (including phenoxy) is 1. The van der Waals surface area contributed by atoms with Gasteiger partial charge in [0, 0.05) is 10.2 Å². The molecule has 1 aromatic carbocycles. The molecule has 94 valence electrons. The standard InChI is InChI=1S/C13H18BrNO2/c1-3-4-7-17-13(16)9-15-11-6-5-10(2)12(14)8-11/h5-6,8,15H,3-4,7,9H2,1-2H3. The monoisotopic (exact) mass is 299 g/mol. The summed E-state index contributed by atoms with van der Waals surface area (Å²) in [5, 5.41) is 3.03. The number of carbonyl (C=O) groups is 1. The average Bonchev–Trinajstić information content (AvgIpc) is 2.31. The van der Waals surface area contributed by atoms with E-state index < -0.39 is 0 Å². The summed E-state index contributed by atoms with van der Waals surface area (Å²) in [7, 11) is 0. The third-order valence-corrected chi connectivity index (χ3v) is 3.22. The smallest absolute Gasteiger partial charge is 0.325 e. The summed E-state index contributed by atoms with van der Waals surface area (Å²) in [5.74, 6) is -0.213. The molecule has 4 heteroatoms. The molecular formula is C13H18BrNO2. The fourth-order valence-corrected chi connectivity index (χ4v) is 1.64. The third kappa shape index (κ3) is 5.22. The van der Waals surface area contributed by atoms with Crippen LogP contribution in [0, 0.1) is 6.92 Å². The number of hydrogen-bond acceptors (Lipinski definition) is 3. The lowest BCUT2D eigenvalue weighted by Crippen LogP contribution is -2.17. The second kappa shape index (κ2) is 7.33. The van der Waals surface area contributed by atoms with Crippen LogP contribution in [0.3, 0.4) is 0 Å². The summed E-state index contributed by atoms with van der Waals surface area (Å²) in [5.41, 5.74) is 2.08. The Morgan fingerprint density at radius 2 is 2.24 bits per heavy atom. The number of carbonyl (C=O) groups excluding carboxylic acids is 1. The molecule has 0 fully saturated rings. The minimum Gasteiger partial charge on any atom is -0.464 e. The van der Waals surface area contributed by atoms with E-state index in [9.17, 15) is 4.79 Å². The molecule has 1 rings (SSSR count). The van der Waals surface area contributed by atoms with Crippen molar-refractivity contribution in [3.05, 3.63) is 28.2 Å². The summed E-state index contributed by atoms with van der Waals surface area (Å²) in [6, 6.07) is 5.89. The van der Waals surface area contributed by atoms with E-state index in [-0.39, 0.29) is 12.5 Å². The van der Waals surface area contributed by atoms with Crippen LogP contribution in [0.2, 0.25) is 0 Å². The van der Waals surface area contributed by atoms with E-state index in [4.69, 9.17) is 4.74 Å². The summed E-state index contributed by atoms with van der Waals surface area (Å²) in [4.78, 5) is 11.3. The number of esters is 1. The predicted octanol–water partition coefficient (Wildman–Crippen LogP) is 3.51.